The van der Waals surface area contributed by atoms with Crippen LogP contribution in [0.1, 0.15) is 12.8 Å². The minimum atomic E-state index is -3.87. The third-order valence-electron chi connectivity index (χ3n) is 4.35. The van der Waals surface area contributed by atoms with E-state index in [4.69, 9.17) is 14.2 Å². The van der Waals surface area contributed by atoms with Gasteiger partial charge >= 0.3 is 0 Å². The van der Waals surface area contributed by atoms with E-state index in [2.05, 4.69) is 15.0 Å². The average molecular weight is 462 g/mol. The third-order valence-corrected chi connectivity index (χ3v) is 5.73. The number of aromatic nitrogens is 1. The van der Waals surface area contributed by atoms with Crippen LogP contribution in [-0.2, 0) is 10.0 Å². The van der Waals surface area contributed by atoms with Gasteiger partial charge in [-0.2, -0.15) is 4.98 Å². The van der Waals surface area contributed by atoms with Crippen LogP contribution in [0.4, 0.5) is 10.1 Å². The summed E-state index contributed by atoms with van der Waals surface area (Å²) < 4.78 is 55.9. The second kappa shape index (κ2) is 11.2. The summed E-state index contributed by atoms with van der Waals surface area (Å²) in [5, 5.41) is 3.33. The van der Waals surface area contributed by atoms with E-state index in [1.165, 1.54) is 31.4 Å². The normalized spacial score (nSPS) is 15.9. The molecule has 0 aliphatic carbocycles. The largest absolute Gasteiger partial charge is 0.491 e. The number of rotatable bonds is 10. The van der Waals surface area contributed by atoms with Gasteiger partial charge in [0.25, 0.3) is 10.0 Å². The Morgan fingerprint density at radius 2 is 1.97 bits per heavy atom. The first-order chi connectivity index (χ1) is 14.0. The Kier molecular flexibility index (Phi) is 8.94. The molecule has 0 spiro atoms. The zero-order chi connectivity index (χ0) is 20.7. The zero-order valence-electron chi connectivity index (χ0n) is 16.5. The fourth-order valence-corrected chi connectivity index (χ4v) is 3.95. The predicted octanol–water partition coefficient (Wildman–Crippen LogP) is 2.79. The van der Waals surface area contributed by atoms with E-state index in [9.17, 15) is 12.8 Å². The number of hydrogen-bond acceptors (Lipinski definition) is 7. The Hall–Kier alpha value is -2.30. The minimum absolute atomic E-state index is 0. The lowest BCUT2D eigenvalue weighted by Crippen LogP contribution is -2.28. The van der Waals surface area contributed by atoms with E-state index < -0.39 is 16.7 Å². The lowest BCUT2D eigenvalue weighted by atomic mass is 10.2. The highest BCUT2D eigenvalue weighted by Gasteiger charge is 2.19. The number of anilines is 1. The summed E-state index contributed by atoms with van der Waals surface area (Å²) in [4.78, 5) is 4.25. The van der Waals surface area contributed by atoms with Crippen LogP contribution in [0.5, 0.6) is 17.5 Å². The summed E-state index contributed by atoms with van der Waals surface area (Å²) >= 11 is 0. The lowest BCUT2D eigenvalue weighted by Gasteiger charge is -2.14. The maximum atomic E-state index is 12.6. The van der Waals surface area contributed by atoms with Crippen molar-refractivity contribution < 1.29 is 27.0 Å². The van der Waals surface area contributed by atoms with E-state index in [1.54, 1.807) is 12.1 Å². The molecule has 1 atom stereocenters. The number of benzene rings is 1. The molecule has 1 aliphatic heterocycles. The Balaban J connectivity index is 0.00000320. The fraction of sp³-hybridized carbons (Fsp3) is 0.421. The molecule has 0 radical (unpaired) electrons. The molecule has 1 aliphatic rings. The molecular weight excluding hydrogens is 437 g/mol. The van der Waals surface area contributed by atoms with Crippen LogP contribution >= 0.6 is 12.4 Å². The second-order valence-corrected chi connectivity index (χ2v) is 8.11. The van der Waals surface area contributed by atoms with Crippen molar-refractivity contribution >= 4 is 28.1 Å². The van der Waals surface area contributed by atoms with Gasteiger partial charge in [0.15, 0.2) is 0 Å². The number of pyridine rings is 1. The van der Waals surface area contributed by atoms with Gasteiger partial charge in [-0.15, -0.1) is 12.4 Å². The lowest BCUT2D eigenvalue weighted by molar-refractivity contribution is 0.263. The molecule has 0 unspecified atom stereocenters. The van der Waals surface area contributed by atoms with Gasteiger partial charge in [0.2, 0.25) is 11.8 Å². The van der Waals surface area contributed by atoms with Gasteiger partial charge in [0.1, 0.15) is 31.3 Å². The Labute approximate surface area is 181 Å². The molecule has 0 bridgehead atoms. The molecule has 1 saturated heterocycles. The van der Waals surface area contributed by atoms with Crippen molar-refractivity contribution in [3.05, 3.63) is 36.4 Å². The van der Waals surface area contributed by atoms with Crippen molar-refractivity contribution in [3.63, 3.8) is 0 Å². The molecule has 0 amide bonds. The van der Waals surface area contributed by atoms with E-state index >= 15 is 0 Å². The third kappa shape index (κ3) is 6.35. The van der Waals surface area contributed by atoms with E-state index in [-0.39, 0.29) is 41.5 Å². The SMILES string of the molecule is COc1nc(OC[C@H]2CCCN2)ccc1NS(=O)(=O)c1ccc(OCCF)cc1.Cl. The highest BCUT2D eigenvalue weighted by Crippen LogP contribution is 2.28. The van der Waals surface area contributed by atoms with Crippen LogP contribution in [0.2, 0.25) is 0 Å². The summed E-state index contributed by atoms with van der Waals surface area (Å²) in [6, 6.07) is 9.10. The average Bonchev–Trinajstić information content (AvgIpc) is 3.25. The van der Waals surface area contributed by atoms with Gasteiger partial charge < -0.3 is 19.5 Å². The van der Waals surface area contributed by atoms with Crippen molar-refractivity contribution in [2.24, 2.45) is 0 Å². The number of methoxy groups -OCH3 is 1. The predicted molar refractivity (Wildman–Crippen MR) is 113 cm³/mol. The topological polar surface area (TPSA) is 98.8 Å². The number of halogens is 2. The summed E-state index contributed by atoms with van der Waals surface area (Å²) in [6.45, 7) is 0.760. The molecular formula is C19H25ClFN3O5S. The van der Waals surface area contributed by atoms with Crippen molar-refractivity contribution in [3.8, 4) is 17.5 Å². The first kappa shape index (κ1) is 24.0. The second-order valence-electron chi connectivity index (χ2n) is 6.42. The molecule has 1 aromatic heterocycles. The molecule has 166 valence electrons. The first-order valence-electron chi connectivity index (χ1n) is 9.24. The van der Waals surface area contributed by atoms with Crippen LogP contribution < -0.4 is 24.2 Å². The first-order valence-corrected chi connectivity index (χ1v) is 10.7. The Bertz CT molecular complexity index is 909. The van der Waals surface area contributed by atoms with Gasteiger partial charge in [0, 0.05) is 12.1 Å². The molecule has 2 heterocycles. The maximum absolute atomic E-state index is 12.6. The quantitative estimate of drug-likeness (QED) is 0.561. The molecule has 2 N–H and O–H groups in total. The highest BCUT2D eigenvalue weighted by molar-refractivity contribution is 7.92. The van der Waals surface area contributed by atoms with Gasteiger partial charge in [0.05, 0.1) is 12.0 Å². The van der Waals surface area contributed by atoms with Crippen LogP contribution in [-0.4, -0.2) is 53.0 Å². The van der Waals surface area contributed by atoms with Crippen molar-refractivity contribution in [1.29, 1.82) is 0 Å². The number of hydrogen-bond donors (Lipinski definition) is 2. The zero-order valence-corrected chi connectivity index (χ0v) is 18.1. The molecule has 3 rings (SSSR count). The van der Waals surface area contributed by atoms with Crippen molar-refractivity contribution in [2.45, 2.75) is 23.8 Å². The number of nitrogens with one attached hydrogen (secondary N) is 2. The van der Waals surface area contributed by atoms with Crippen LogP contribution in [0.15, 0.2) is 41.3 Å². The summed E-state index contributed by atoms with van der Waals surface area (Å²) in [5.74, 6) is 0.848. The minimum Gasteiger partial charge on any atom is -0.491 e. The molecule has 11 heteroatoms. The maximum Gasteiger partial charge on any atom is 0.262 e. The van der Waals surface area contributed by atoms with Gasteiger partial charge in [-0.1, -0.05) is 0 Å². The molecule has 1 fully saturated rings. The highest BCUT2D eigenvalue weighted by atomic mass is 35.5. The van der Waals surface area contributed by atoms with Gasteiger partial charge in [-0.05, 0) is 49.7 Å². The molecule has 1 aromatic carbocycles. The van der Waals surface area contributed by atoms with E-state index in [1.807, 2.05) is 0 Å². The van der Waals surface area contributed by atoms with Gasteiger partial charge in [-0.3, -0.25) is 4.72 Å². The van der Waals surface area contributed by atoms with E-state index in [0.29, 0.717) is 18.2 Å². The number of alkyl halides is 1. The van der Waals surface area contributed by atoms with Crippen LogP contribution in [0.25, 0.3) is 0 Å². The number of sulfonamides is 1. The van der Waals surface area contributed by atoms with Gasteiger partial charge in [-0.25, -0.2) is 12.8 Å². The number of ether oxygens (including phenoxy) is 3. The smallest absolute Gasteiger partial charge is 0.262 e. The summed E-state index contributed by atoms with van der Waals surface area (Å²) in [6.07, 6.45) is 2.17. The van der Waals surface area contributed by atoms with Crippen molar-refractivity contribution in [1.82, 2.24) is 10.3 Å². The molecule has 30 heavy (non-hydrogen) atoms. The van der Waals surface area contributed by atoms with E-state index in [0.717, 1.165) is 19.4 Å². The summed E-state index contributed by atoms with van der Waals surface area (Å²) in [7, 11) is -2.47. The Morgan fingerprint density at radius 1 is 1.20 bits per heavy atom. The number of nitrogens with zero attached hydrogens (tertiary/aromatic N) is 1. The molecule has 2 aromatic rings. The molecule has 0 saturated carbocycles. The standard InChI is InChI=1S/C19H24FN3O5S.ClH/c1-26-19-17(8-9-18(22-19)28-13-14-3-2-11-21-14)23-29(24,25)16-6-4-15(5-7-16)27-12-10-20;/h4-9,14,21,23H,2-3,10-13H2,1H3;1H/t14-;/m1./s1. The van der Waals surface area contributed by atoms with Crippen LogP contribution in [0, 0.1) is 0 Å². The summed E-state index contributed by atoms with van der Waals surface area (Å²) in [5.41, 5.74) is 0.191. The Morgan fingerprint density at radius 3 is 2.60 bits per heavy atom. The van der Waals surface area contributed by atoms with Crippen molar-refractivity contribution in [2.75, 3.05) is 38.3 Å². The van der Waals surface area contributed by atoms with Crippen LogP contribution in [0.3, 0.4) is 0 Å². The molecule has 8 nitrogen and oxygen atoms in total. The monoisotopic (exact) mass is 461 g/mol. The fourth-order valence-electron chi connectivity index (χ4n) is 2.90.